The molecule has 1 N–H and O–H groups in total. The second-order valence-electron chi connectivity index (χ2n) is 7.96. The number of nitrogens with one attached hydrogen (secondary N) is 1. The Bertz CT molecular complexity index is 1270. The first-order valence-electron chi connectivity index (χ1n) is 11.2. The van der Waals surface area contributed by atoms with Crippen molar-refractivity contribution in [2.24, 2.45) is 0 Å². The molecule has 0 fully saturated rings. The molecule has 0 spiro atoms. The molecule has 0 aliphatic heterocycles. The van der Waals surface area contributed by atoms with E-state index in [4.69, 9.17) is 32.7 Å². The van der Waals surface area contributed by atoms with E-state index in [1.54, 1.807) is 18.2 Å². The van der Waals surface area contributed by atoms with E-state index < -0.39 is 23.5 Å². The third kappa shape index (κ3) is 7.34. The predicted molar refractivity (Wildman–Crippen MR) is 140 cm³/mol. The van der Waals surface area contributed by atoms with Gasteiger partial charge in [0.1, 0.15) is 11.8 Å². The highest BCUT2D eigenvalue weighted by Gasteiger charge is 2.30. The molecule has 0 heterocycles. The van der Waals surface area contributed by atoms with Crippen LogP contribution in [0.3, 0.4) is 0 Å². The Morgan fingerprint density at radius 1 is 1.08 bits per heavy atom. The van der Waals surface area contributed by atoms with Gasteiger partial charge in [0.05, 0.1) is 12.0 Å². The van der Waals surface area contributed by atoms with E-state index in [-0.39, 0.29) is 36.1 Å². The van der Waals surface area contributed by atoms with Gasteiger partial charge in [-0.25, -0.2) is 0 Å². The van der Waals surface area contributed by atoms with Crippen molar-refractivity contribution in [2.75, 3.05) is 20.8 Å². The first-order chi connectivity index (χ1) is 17.7. The molecule has 194 valence electrons. The van der Waals surface area contributed by atoms with E-state index in [0.717, 1.165) is 5.56 Å². The highest BCUT2D eigenvalue weighted by atomic mass is 35.5. The molecule has 3 rings (SSSR count). The van der Waals surface area contributed by atoms with E-state index in [1.165, 1.54) is 37.3 Å². The number of methoxy groups -OCH3 is 1. The van der Waals surface area contributed by atoms with Gasteiger partial charge in [0.2, 0.25) is 11.7 Å². The smallest absolute Gasteiger partial charge is 0.311 e. The fraction of sp³-hybridized carbons (Fsp3) is 0.231. The summed E-state index contributed by atoms with van der Waals surface area (Å²) < 4.78 is 10.7. The third-order valence-electron chi connectivity index (χ3n) is 5.58. The van der Waals surface area contributed by atoms with Crippen molar-refractivity contribution < 1.29 is 24.0 Å². The van der Waals surface area contributed by atoms with Crippen LogP contribution in [0.15, 0.2) is 66.7 Å². The molecule has 0 aromatic heterocycles. The molecule has 0 saturated carbocycles. The number of rotatable bonds is 11. The fourth-order valence-electron chi connectivity index (χ4n) is 3.68. The molecule has 37 heavy (non-hydrogen) atoms. The van der Waals surface area contributed by atoms with Crippen molar-refractivity contribution in [3.05, 3.63) is 98.0 Å². The SMILES string of the molecule is CNC(=O)[C@@H](Cc1ccccc1)N(Cc1ccc(Cl)cc1Cl)C(=O)COc1ccc([N+](=O)[O-])c(OC)c1. The second kappa shape index (κ2) is 12.9. The van der Waals surface area contributed by atoms with Crippen molar-refractivity contribution in [2.45, 2.75) is 19.0 Å². The number of nitro benzene ring substituents is 1. The van der Waals surface area contributed by atoms with Gasteiger partial charge in [0.15, 0.2) is 6.61 Å². The molecule has 0 bridgehead atoms. The van der Waals surface area contributed by atoms with Gasteiger partial charge in [0.25, 0.3) is 5.91 Å². The van der Waals surface area contributed by atoms with Crippen LogP contribution in [0, 0.1) is 10.1 Å². The minimum absolute atomic E-state index is 0.00735. The molecule has 11 heteroatoms. The van der Waals surface area contributed by atoms with Crippen LogP contribution >= 0.6 is 23.2 Å². The lowest BCUT2D eigenvalue weighted by Gasteiger charge is -2.31. The Hall–Kier alpha value is -3.82. The number of hydrogen-bond acceptors (Lipinski definition) is 6. The maximum Gasteiger partial charge on any atom is 0.311 e. The van der Waals surface area contributed by atoms with Crippen LogP contribution in [0.25, 0.3) is 0 Å². The molecule has 0 radical (unpaired) electrons. The summed E-state index contributed by atoms with van der Waals surface area (Å²) in [6.45, 7) is -0.416. The van der Waals surface area contributed by atoms with Gasteiger partial charge in [-0.2, -0.15) is 0 Å². The van der Waals surface area contributed by atoms with Crippen LogP contribution in [0.5, 0.6) is 11.5 Å². The van der Waals surface area contributed by atoms with Crippen molar-refractivity contribution in [3.63, 3.8) is 0 Å². The number of nitrogens with zero attached hydrogens (tertiary/aromatic N) is 2. The number of nitro groups is 1. The number of carbonyl (C=O) groups is 2. The van der Waals surface area contributed by atoms with E-state index in [2.05, 4.69) is 5.32 Å². The van der Waals surface area contributed by atoms with E-state index in [9.17, 15) is 19.7 Å². The predicted octanol–water partition coefficient (Wildman–Crippen LogP) is 4.68. The zero-order valence-corrected chi connectivity index (χ0v) is 21.7. The number of likely N-dealkylation sites (N-methyl/N-ethyl adjacent to an activating group) is 1. The van der Waals surface area contributed by atoms with Gasteiger partial charge in [-0.1, -0.05) is 59.6 Å². The zero-order chi connectivity index (χ0) is 26.9. The monoisotopic (exact) mass is 545 g/mol. The topological polar surface area (TPSA) is 111 Å². The van der Waals surface area contributed by atoms with E-state index in [0.29, 0.717) is 15.6 Å². The van der Waals surface area contributed by atoms with Crippen LogP contribution in [-0.4, -0.2) is 48.4 Å². The van der Waals surface area contributed by atoms with Gasteiger partial charge in [-0.05, 0) is 29.3 Å². The summed E-state index contributed by atoms with van der Waals surface area (Å²) in [6, 6.07) is 17.3. The number of amides is 2. The first-order valence-corrected chi connectivity index (χ1v) is 11.9. The molecule has 2 amide bonds. The van der Waals surface area contributed by atoms with Crippen molar-refractivity contribution in [3.8, 4) is 11.5 Å². The molecule has 0 aliphatic carbocycles. The molecule has 3 aromatic carbocycles. The number of ether oxygens (including phenoxy) is 2. The quantitative estimate of drug-likeness (QED) is 0.276. The lowest BCUT2D eigenvalue weighted by Crippen LogP contribution is -2.51. The van der Waals surface area contributed by atoms with Crippen molar-refractivity contribution >= 4 is 40.7 Å². The standard InChI is InChI=1S/C26H25Cl2N3O6/c1-29-26(33)23(12-17-6-4-3-5-7-17)30(15-18-8-9-19(27)13-21(18)28)25(32)16-37-20-10-11-22(31(34)35)24(14-20)36-2/h3-11,13-14,23H,12,15-16H2,1-2H3,(H,29,33)/t23-/m1/s1. The second-order valence-corrected chi connectivity index (χ2v) is 8.80. The molecule has 0 unspecified atom stereocenters. The summed E-state index contributed by atoms with van der Waals surface area (Å²) in [5.74, 6) is -0.668. The normalized spacial score (nSPS) is 11.4. The number of carbonyl (C=O) groups excluding carboxylic acids is 2. The van der Waals surface area contributed by atoms with Gasteiger partial charge < -0.3 is 19.7 Å². The summed E-state index contributed by atoms with van der Waals surface area (Å²) in [5, 5.41) is 14.6. The van der Waals surface area contributed by atoms with Crippen molar-refractivity contribution in [1.29, 1.82) is 0 Å². The van der Waals surface area contributed by atoms with Crippen molar-refractivity contribution in [1.82, 2.24) is 10.2 Å². The average Bonchev–Trinajstić information content (AvgIpc) is 2.90. The maximum atomic E-state index is 13.5. The number of hydrogen-bond donors (Lipinski definition) is 1. The molecule has 0 aliphatic rings. The van der Waals surface area contributed by atoms with E-state index in [1.807, 2.05) is 30.3 Å². The fourth-order valence-corrected chi connectivity index (χ4v) is 4.15. The Balaban J connectivity index is 1.90. The van der Waals surface area contributed by atoms with Gasteiger partial charge in [-0.15, -0.1) is 0 Å². The summed E-state index contributed by atoms with van der Waals surface area (Å²) in [5.41, 5.74) is 1.22. The molecule has 9 nitrogen and oxygen atoms in total. The van der Waals surface area contributed by atoms with Gasteiger partial charge >= 0.3 is 5.69 Å². The lowest BCUT2D eigenvalue weighted by atomic mass is 10.0. The minimum atomic E-state index is -0.873. The van der Waals surface area contributed by atoms with Crippen LogP contribution in [0.1, 0.15) is 11.1 Å². The van der Waals surface area contributed by atoms with Crippen LogP contribution in [-0.2, 0) is 22.6 Å². The van der Waals surface area contributed by atoms with Gasteiger partial charge in [0, 0.05) is 42.2 Å². The maximum absolute atomic E-state index is 13.5. The largest absolute Gasteiger partial charge is 0.490 e. The number of halogens is 2. The Morgan fingerprint density at radius 2 is 1.81 bits per heavy atom. The molecular formula is C26H25Cl2N3O6. The lowest BCUT2D eigenvalue weighted by molar-refractivity contribution is -0.385. The summed E-state index contributed by atoms with van der Waals surface area (Å²) >= 11 is 12.4. The Morgan fingerprint density at radius 3 is 2.43 bits per heavy atom. The molecule has 1 atom stereocenters. The van der Waals surface area contributed by atoms with Crippen LogP contribution in [0.4, 0.5) is 5.69 Å². The summed E-state index contributed by atoms with van der Waals surface area (Å²) in [6.07, 6.45) is 0.253. The third-order valence-corrected chi connectivity index (χ3v) is 6.17. The molecular weight excluding hydrogens is 521 g/mol. The Kier molecular flexibility index (Phi) is 9.71. The first kappa shape index (κ1) is 27.8. The zero-order valence-electron chi connectivity index (χ0n) is 20.1. The Labute approximate surface area is 224 Å². The summed E-state index contributed by atoms with van der Waals surface area (Å²) in [4.78, 5) is 38.4. The minimum Gasteiger partial charge on any atom is -0.490 e. The van der Waals surface area contributed by atoms with E-state index >= 15 is 0 Å². The molecule has 0 saturated heterocycles. The number of benzene rings is 3. The summed E-state index contributed by atoms with van der Waals surface area (Å²) in [7, 11) is 2.80. The highest BCUT2D eigenvalue weighted by Crippen LogP contribution is 2.31. The van der Waals surface area contributed by atoms with Crippen LogP contribution < -0.4 is 14.8 Å². The van der Waals surface area contributed by atoms with Crippen LogP contribution in [0.2, 0.25) is 10.0 Å². The average molecular weight is 546 g/mol. The molecule has 3 aromatic rings. The highest BCUT2D eigenvalue weighted by molar-refractivity contribution is 6.35. The van der Waals surface area contributed by atoms with Gasteiger partial charge in [-0.3, -0.25) is 19.7 Å².